The summed E-state index contributed by atoms with van der Waals surface area (Å²) in [5.41, 5.74) is 3.77. The van der Waals surface area contributed by atoms with Gasteiger partial charge < -0.3 is 9.67 Å². The predicted octanol–water partition coefficient (Wildman–Crippen LogP) is 2.56. The maximum atomic E-state index is 9.32. The van der Waals surface area contributed by atoms with E-state index >= 15 is 0 Å². The van der Waals surface area contributed by atoms with Crippen molar-refractivity contribution in [2.45, 2.75) is 46.8 Å². The monoisotopic (exact) mass is 259 g/mol. The van der Waals surface area contributed by atoms with Crippen LogP contribution in [0.4, 0.5) is 0 Å². The van der Waals surface area contributed by atoms with Gasteiger partial charge in [-0.2, -0.15) is 0 Å². The predicted molar refractivity (Wildman–Crippen MR) is 75.1 cm³/mol. The Labute approximate surface area is 114 Å². The molecule has 0 spiro atoms. The fraction of sp³-hybridized carbons (Fsp3) is 0.467. The second kappa shape index (κ2) is 5.53. The van der Waals surface area contributed by atoms with E-state index in [0.717, 1.165) is 12.2 Å². The van der Waals surface area contributed by atoms with Gasteiger partial charge in [-0.05, 0) is 38.8 Å². The second-order valence-electron chi connectivity index (χ2n) is 5.26. The van der Waals surface area contributed by atoms with Gasteiger partial charge in [-0.3, -0.25) is 0 Å². The smallest absolute Gasteiger partial charge is 0.159 e. The first-order valence-electron chi connectivity index (χ1n) is 6.62. The van der Waals surface area contributed by atoms with Crippen molar-refractivity contribution in [1.29, 1.82) is 0 Å². The fourth-order valence-corrected chi connectivity index (χ4v) is 2.35. The molecule has 19 heavy (non-hydrogen) atoms. The molecule has 4 heteroatoms. The van der Waals surface area contributed by atoms with Crippen molar-refractivity contribution >= 4 is 0 Å². The zero-order chi connectivity index (χ0) is 14.0. The number of hydrogen-bond acceptors (Lipinski definition) is 3. The summed E-state index contributed by atoms with van der Waals surface area (Å²) in [6.07, 6.45) is 0.749. The summed E-state index contributed by atoms with van der Waals surface area (Å²) in [6.45, 7) is 8.29. The Hall–Kier alpha value is -1.68. The van der Waals surface area contributed by atoms with E-state index in [1.165, 1.54) is 16.7 Å². The van der Waals surface area contributed by atoms with Crippen molar-refractivity contribution < 1.29 is 5.11 Å². The number of hydrogen-bond donors (Lipinski definition) is 1. The van der Waals surface area contributed by atoms with Crippen LogP contribution < -0.4 is 0 Å². The quantitative estimate of drug-likeness (QED) is 0.918. The number of benzene rings is 1. The topological polar surface area (TPSA) is 50.9 Å². The number of nitrogens with zero attached hydrogens (tertiary/aromatic N) is 3. The van der Waals surface area contributed by atoms with Gasteiger partial charge in [-0.1, -0.05) is 23.8 Å². The molecule has 4 nitrogen and oxygen atoms in total. The second-order valence-corrected chi connectivity index (χ2v) is 5.26. The van der Waals surface area contributed by atoms with Crippen LogP contribution in [0.25, 0.3) is 0 Å². The van der Waals surface area contributed by atoms with Gasteiger partial charge in [0.1, 0.15) is 12.4 Å². The van der Waals surface area contributed by atoms with Crippen LogP contribution in [-0.2, 0) is 13.0 Å². The van der Waals surface area contributed by atoms with Gasteiger partial charge >= 0.3 is 0 Å². The SMILES string of the molecule is Cc1ccc(C)c(Cc2nnc(CO)n2C(C)C)c1. The summed E-state index contributed by atoms with van der Waals surface area (Å²) in [5, 5.41) is 17.6. The number of aryl methyl sites for hydroxylation is 2. The van der Waals surface area contributed by atoms with E-state index in [1.807, 2.05) is 4.57 Å². The summed E-state index contributed by atoms with van der Waals surface area (Å²) in [4.78, 5) is 0. The largest absolute Gasteiger partial charge is 0.388 e. The Morgan fingerprint density at radius 2 is 1.84 bits per heavy atom. The highest BCUT2D eigenvalue weighted by Crippen LogP contribution is 2.18. The normalized spacial score (nSPS) is 11.3. The summed E-state index contributed by atoms with van der Waals surface area (Å²) < 4.78 is 2.02. The van der Waals surface area contributed by atoms with Crippen LogP contribution in [0.15, 0.2) is 18.2 Å². The van der Waals surface area contributed by atoms with Crippen molar-refractivity contribution in [3.8, 4) is 0 Å². The van der Waals surface area contributed by atoms with Crippen LogP contribution in [0.5, 0.6) is 0 Å². The minimum Gasteiger partial charge on any atom is -0.388 e. The molecular formula is C15H21N3O. The minimum absolute atomic E-state index is 0.0714. The Kier molecular flexibility index (Phi) is 4.00. The van der Waals surface area contributed by atoms with Crippen LogP contribution in [0.1, 0.15) is 48.2 Å². The van der Waals surface area contributed by atoms with Gasteiger partial charge in [0.25, 0.3) is 0 Å². The Balaban J connectivity index is 2.38. The van der Waals surface area contributed by atoms with Crippen molar-refractivity contribution in [1.82, 2.24) is 14.8 Å². The van der Waals surface area contributed by atoms with Crippen LogP contribution >= 0.6 is 0 Å². The van der Waals surface area contributed by atoms with Gasteiger partial charge in [0.05, 0.1) is 0 Å². The van der Waals surface area contributed by atoms with E-state index < -0.39 is 0 Å². The van der Waals surface area contributed by atoms with E-state index in [0.29, 0.717) is 5.82 Å². The molecule has 0 unspecified atom stereocenters. The van der Waals surface area contributed by atoms with Crippen LogP contribution in [0.3, 0.4) is 0 Å². The summed E-state index contributed by atoms with van der Waals surface area (Å²) in [6, 6.07) is 6.68. The highest BCUT2D eigenvalue weighted by molar-refractivity contribution is 5.32. The first kappa shape index (κ1) is 13.7. The van der Waals surface area contributed by atoms with Crippen LogP contribution in [0.2, 0.25) is 0 Å². The molecule has 0 amide bonds. The van der Waals surface area contributed by atoms with E-state index in [-0.39, 0.29) is 12.6 Å². The summed E-state index contributed by atoms with van der Waals surface area (Å²) >= 11 is 0. The maximum Gasteiger partial charge on any atom is 0.159 e. The molecule has 0 aliphatic carbocycles. The fourth-order valence-electron chi connectivity index (χ4n) is 2.35. The lowest BCUT2D eigenvalue weighted by Crippen LogP contribution is -2.11. The first-order chi connectivity index (χ1) is 9.02. The Bertz CT molecular complexity index is 573. The molecule has 2 rings (SSSR count). The van der Waals surface area contributed by atoms with Gasteiger partial charge in [0.15, 0.2) is 5.82 Å². The molecule has 0 fully saturated rings. The summed E-state index contributed by atoms with van der Waals surface area (Å²) in [5.74, 6) is 1.54. The molecular weight excluding hydrogens is 238 g/mol. The number of aromatic nitrogens is 3. The third-order valence-corrected chi connectivity index (χ3v) is 3.35. The lowest BCUT2D eigenvalue weighted by atomic mass is 10.0. The molecule has 0 saturated heterocycles. The van der Waals surface area contributed by atoms with Crippen molar-refractivity contribution in [3.63, 3.8) is 0 Å². The Morgan fingerprint density at radius 3 is 2.47 bits per heavy atom. The molecule has 0 atom stereocenters. The average molecular weight is 259 g/mol. The maximum absolute atomic E-state index is 9.32. The molecule has 1 aromatic carbocycles. The van der Waals surface area contributed by atoms with Crippen molar-refractivity contribution in [3.05, 3.63) is 46.5 Å². The summed E-state index contributed by atoms with van der Waals surface area (Å²) in [7, 11) is 0. The molecule has 0 bridgehead atoms. The van der Waals surface area contributed by atoms with Gasteiger partial charge in [-0.15, -0.1) is 10.2 Å². The highest BCUT2D eigenvalue weighted by Gasteiger charge is 2.15. The molecule has 1 heterocycles. The van der Waals surface area contributed by atoms with Crippen molar-refractivity contribution in [2.24, 2.45) is 0 Å². The molecule has 102 valence electrons. The lowest BCUT2D eigenvalue weighted by Gasteiger charge is -2.14. The first-order valence-corrected chi connectivity index (χ1v) is 6.62. The van der Waals surface area contributed by atoms with E-state index in [2.05, 4.69) is 56.1 Å². The number of aliphatic hydroxyl groups excluding tert-OH is 1. The van der Waals surface area contributed by atoms with E-state index in [4.69, 9.17) is 0 Å². The third-order valence-electron chi connectivity index (χ3n) is 3.35. The highest BCUT2D eigenvalue weighted by atomic mass is 16.3. The standard InChI is InChI=1S/C15H21N3O/c1-10(2)18-14(16-17-15(18)9-19)8-13-7-11(3)5-6-12(13)4/h5-7,10,19H,8-9H2,1-4H3. The number of rotatable bonds is 4. The van der Waals surface area contributed by atoms with Crippen LogP contribution in [-0.4, -0.2) is 19.9 Å². The molecule has 2 aromatic rings. The van der Waals surface area contributed by atoms with Crippen LogP contribution in [0, 0.1) is 13.8 Å². The average Bonchev–Trinajstić information content (AvgIpc) is 2.77. The molecule has 0 saturated carbocycles. The molecule has 0 radical (unpaired) electrons. The molecule has 1 N–H and O–H groups in total. The van der Waals surface area contributed by atoms with Gasteiger partial charge in [-0.25, -0.2) is 0 Å². The van der Waals surface area contributed by atoms with E-state index in [9.17, 15) is 5.11 Å². The van der Waals surface area contributed by atoms with Gasteiger partial charge in [0.2, 0.25) is 0 Å². The zero-order valence-electron chi connectivity index (χ0n) is 12.0. The lowest BCUT2D eigenvalue weighted by molar-refractivity contribution is 0.261. The zero-order valence-corrected chi connectivity index (χ0v) is 12.0. The van der Waals surface area contributed by atoms with Crippen molar-refractivity contribution in [2.75, 3.05) is 0 Å². The molecule has 0 aliphatic rings. The van der Waals surface area contributed by atoms with E-state index in [1.54, 1.807) is 0 Å². The molecule has 1 aromatic heterocycles. The Morgan fingerprint density at radius 1 is 1.16 bits per heavy atom. The number of aliphatic hydroxyl groups is 1. The minimum atomic E-state index is -0.0714. The van der Waals surface area contributed by atoms with Gasteiger partial charge in [0, 0.05) is 12.5 Å². The third kappa shape index (κ3) is 2.84. The molecule has 0 aliphatic heterocycles.